The van der Waals surface area contributed by atoms with Gasteiger partial charge in [-0.25, -0.2) is 4.79 Å². The lowest BCUT2D eigenvalue weighted by atomic mass is 10.2. The number of esters is 1. The van der Waals surface area contributed by atoms with Crippen molar-refractivity contribution < 1.29 is 23.9 Å². The first kappa shape index (κ1) is 15.8. The molecule has 2 rings (SSSR count). The Morgan fingerprint density at radius 3 is 3.05 bits per heavy atom. The molecule has 0 aromatic carbocycles. The van der Waals surface area contributed by atoms with Crippen molar-refractivity contribution in [3.8, 4) is 0 Å². The number of carbonyl (C=O) groups is 3. The molecule has 1 atom stereocenters. The first-order chi connectivity index (χ1) is 10.1. The van der Waals surface area contributed by atoms with Crippen molar-refractivity contribution in [3.63, 3.8) is 0 Å². The Balaban J connectivity index is 1.86. The van der Waals surface area contributed by atoms with Crippen molar-refractivity contribution in [2.24, 2.45) is 0 Å². The number of methoxy groups -OCH3 is 1. The van der Waals surface area contributed by atoms with Crippen molar-refractivity contribution in [1.82, 2.24) is 10.2 Å². The molecule has 0 aliphatic carbocycles. The van der Waals surface area contributed by atoms with Gasteiger partial charge in [-0.1, -0.05) is 11.8 Å². The van der Waals surface area contributed by atoms with E-state index in [0.29, 0.717) is 11.6 Å². The number of hydrogen-bond donors (Lipinski definition) is 1. The Morgan fingerprint density at radius 1 is 1.57 bits per heavy atom. The van der Waals surface area contributed by atoms with Crippen LogP contribution in [0.4, 0.5) is 0 Å². The second-order valence-electron chi connectivity index (χ2n) is 4.71. The summed E-state index contributed by atoms with van der Waals surface area (Å²) in [5.41, 5.74) is 0. The fourth-order valence-corrected chi connectivity index (χ4v) is 3.02. The largest absolute Gasteiger partial charge is 0.466 e. The van der Waals surface area contributed by atoms with Gasteiger partial charge >= 0.3 is 5.97 Å². The Morgan fingerprint density at radius 2 is 2.38 bits per heavy atom. The Labute approximate surface area is 127 Å². The van der Waals surface area contributed by atoms with Crippen molar-refractivity contribution >= 4 is 29.5 Å². The van der Waals surface area contributed by atoms with Crippen LogP contribution in [-0.4, -0.2) is 61.3 Å². The number of rotatable bonds is 5. The second kappa shape index (κ2) is 7.46. The molecular formula is C13H18N2O5S. The van der Waals surface area contributed by atoms with E-state index in [2.05, 4.69) is 10.1 Å². The van der Waals surface area contributed by atoms with Crippen LogP contribution in [0.25, 0.3) is 0 Å². The fourth-order valence-electron chi connectivity index (χ4n) is 2.09. The van der Waals surface area contributed by atoms with Gasteiger partial charge in [-0.2, -0.15) is 0 Å². The fraction of sp³-hybridized carbons (Fsp3) is 0.615. The highest BCUT2D eigenvalue weighted by atomic mass is 32.2. The van der Waals surface area contributed by atoms with Gasteiger partial charge in [0.15, 0.2) is 0 Å². The van der Waals surface area contributed by atoms with Gasteiger partial charge in [-0.05, 0) is 12.8 Å². The lowest BCUT2D eigenvalue weighted by Gasteiger charge is -2.17. The number of carbonyl (C=O) groups excluding carboxylic acids is 3. The third-order valence-corrected chi connectivity index (χ3v) is 4.23. The number of ether oxygens (including phenoxy) is 2. The third-order valence-electron chi connectivity index (χ3n) is 3.21. The van der Waals surface area contributed by atoms with E-state index in [1.165, 1.54) is 29.8 Å². The summed E-state index contributed by atoms with van der Waals surface area (Å²) in [6.07, 6.45) is 3.23. The van der Waals surface area contributed by atoms with Gasteiger partial charge in [0.05, 0.1) is 30.1 Å². The maximum Gasteiger partial charge on any atom is 0.333 e. The van der Waals surface area contributed by atoms with Gasteiger partial charge in [-0.15, -0.1) is 0 Å². The number of nitrogens with one attached hydrogen (secondary N) is 1. The van der Waals surface area contributed by atoms with Crippen LogP contribution in [-0.2, 0) is 23.9 Å². The molecule has 2 fully saturated rings. The van der Waals surface area contributed by atoms with Crippen LogP contribution < -0.4 is 5.32 Å². The molecule has 2 heterocycles. The topological polar surface area (TPSA) is 84.9 Å². The standard InChI is InChI=1S/C13H18N2O5S/c1-19-13(18)5-12-15(11(17)8-21-12)7-10(16)14-6-9-3-2-4-20-9/h5,9H,2-4,6-8H2,1H3,(H,14,16)/b12-5-/t9-/m1/s1. The van der Waals surface area contributed by atoms with Crippen molar-refractivity contribution in [3.05, 3.63) is 11.1 Å². The normalized spacial score (nSPS) is 23.7. The van der Waals surface area contributed by atoms with E-state index in [-0.39, 0.29) is 30.2 Å². The molecule has 116 valence electrons. The summed E-state index contributed by atoms with van der Waals surface area (Å²) in [7, 11) is 1.26. The van der Waals surface area contributed by atoms with E-state index < -0.39 is 5.97 Å². The maximum absolute atomic E-state index is 11.9. The molecule has 2 saturated heterocycles. The minimum atomic E-state index is -0.544. The van der Waals surface area contributed by atoms with Crippen LogP contribution in [0.3, 0.4) is 0 Å². The molecule has 0 unspecified atom stereocenters. The van der Waals surface area contributed by atoms with E-state index >= 15 is 0 Å². The summed E-state index contributed by atoms with van der Waals surface area (Å²) < 4.78 is 9.94. The third kappa shape index (κ3) is 4.47. The number of thioether (sulfide) groups is 1. The van der Waals surface area contributed by atoms with E-state index in [0.717, 1.165) is 19.4 Å². The first-order valence-corrected chi connectivity index (χ1v) is 7.70. The second-order valence-corrected chi connectivity index (χ2v) is 5.71. The zero-order valence-corrected chi connectivity index (χ0v) is 12.6. The Hall–Kier alpha value is -1.54. The molecule has 21 heavy (non-hydrogen) atoms. The zero-order valence-electron chi connectivity index (χ0n) is 11.8. The summed E-state index contributed by atoms with van der Waals surface area (Å²) in [6, 6.07) is 0. The van der Waals surface area contributed by atoms with Gasteiger partial charge < -0.3 is 14.8 Å². The van der Waals surface area contributed by atoms with E-state index in [4.69, 9.17) is 4.74 Å². The summed E-state index contributed by atoms with van der Waals surface area (Å²) >= 11 is 1.22. The molecule has 0 bridgehead atoms. The smallest absolute Gasteiger partial charge is 0.333 e. The lowest BCUT2D eigenvalue weighted by molar-refractivity contribution is -0.135. The Kier molecular flexibility index (Phi) is 5.63. The minimum absolute atomic E-state index is 0.0580. The maximum atomic E-state index is 11.9. The van der Waals surface area contributed by atoms with Crippen LogP contribution in [0.5, 0.6) is 0 Å². The van der Waals surface area contributed by atoms with Crippen molar-refractivity contribution in [2.45, 2.75) is 18.9 Å². The summed E-state index contributed by atoms with van der Waals surface area (Å²) in [5.74, 6) is -0.779. The van der Waals surface area contributed by atoms with Gasteiger partial charge in [-0.3, -0.25) is 14.5 Å². The number of nitrogens with zero attached hydrogens (tertiary/aromatic N) is 1. The molecule has 7 nitrogen and oxygen atoms in total. The SMILES string of the molecule is COC(=O)/C=C1\SCC(=O)N1CC(=O)NC[C@H]1CCCO1. The van der Waals surface area contributed by atoms with E-state index in [9.17, 15) is 14.4 Å². The summed E-state index contributed by atoms with van der Waals surface area (Å²) in [5, 5.41) is 3.19. The van der Waals surface area contributed by atoms with Crippen LogP contribution in [0.2, 0.25) is 0 Å². The molecule has 2 amide bonds. The highest BCUT2D eigenvalue weighted by molar-refractivity contribution is 8.04. The average molecular weight is 314 g/mol. The highest BCUT2D eigenvalue weighted by Gasteiger charge is 2.29. The summed E-state index contributed by atoms with van der Waals surface area (Å²) in [6.45, 7) is 1.08. The van der Waals surface area contributed by atoms with Crippen LogP contribution >= 0.6 is 11.8 Å². The minimum Gasteiger partial charge on any atom is -0.466 e. The molecule has 8 heteroatoms. The number of amides is 2. The Bertz CT molecular complexity index is 459. The van der Waals surface area contributed by atoms with Crippen LogP contribution in [0, 0.1) is 0 Å². The van der Waals surface area contributed by atoms with Gasteiger partial charge in [0.1, 0.15) is 6.54 Å². The quantitative estimate of drug-likeness (QED) is 0.562. The molecule has 2 aliphatic heterocycles. The van der Waals surface area contributed by atoms with Crippen LogP contribution in [0.15, 0.2) is 11.1 Å². The molecule has 0 spiro atoms. The monoisotopic (exact) mass is 314 g/mol. The molecule has 1 N–H and O–H groups in total. The van der Waals surface area contributed by atoms with Gasteiger partial charge in [0.25, 0.3) is 0 Å². The molecule has 0 saturated carbocycles. The van der Waals surface area contributed by atoms with E-state index in [1.807, 2.05) is 0 Å². The molecule has 0 radical (unpaired) electrons. The molecule has 0 aromatic rings. The van der Waals surface area contributed by atoms with Gasteiger partial charge in [0, 0.05) is 13.2 Å². The zero-order chi connectivity index (χ0) is 15.2. The number of hydrogen-bond acceptors (Lipinski definition) is 6. The van der Waals surface area contributed by atoms with Crippen molar-refractivity contribution in [1.29, 1.82) is 0 Å². The lowest BCUT2D eigenvalue weighted by Crippen LogP contribution is -2.40. The molecular weight excluding hydrogens is 296 g/mol. The average Bonchev–Trinajstić information content (AvgIpc) is 3.09. The highest BCUT2D eigenvalue weighted by Crippen LogP contribution is 2.28. The first-order valence-electron chi connectivity index (χ1n) is 6.71. The van der Waals surface area contributed by atoms with Gasteiger partial charge in [0.2, 0.25) is 11.8 Å². The molecule has 0 aromatic heterocycles. The predicted octanol–water partition coefficient (Wildman–Crippen LogP) is -0.129. The molecule has 2 aliphatic rings. The van der Waals surface area contributed by atoms with Crippen LogP contribution in [0.1, 0.15) is 12.8 Å². The van der Waals surface area contributed by atoms with E-state index in [1.54, 1.807) is 0 Å². The van der Waals surface area contributed by atoms with Crippen molar-refractivity contribution in [2.75, 3.05) is 32.6 Å². The predicted molar refractivity (Wildman–Crippen MR) is 76.3 cm³/mol. The summed E-state index contributed by atoms with van der Waals surface area (Å²) in [4.78, 5) is 36.2.